The number of rotatable bonds is 7. The van der Waals surface area contributed by atoms with Gasteiger partial charge < -0.3 is 19.4 Å². The van der Waals surface area contributed by atoms with Gasteiger partial charge in [0.15, 0.2) is 0 Å². The highest BCUT2D eigenvalue weighted by molar-refractivity contribution is 6.03. The Balaban J connectivity index is 1.18. The van der Waals surface area contributed by atoms with Crippen molar-refractivity contribution in [3.05, 3.63) is 83.3 Å². The maximum absolute atomic E-state index is 12.9. The van der Waals surface area contributed by atoms with Gasteiger partial charge in [0, 0.05) is 24.3 Å². The quantitative estimate of drug-likeness (QED) is 0.600. The Bertz CT molecular complexity index is 1120. The number of furan rings is 1. The molecule has 1 aliphatic carbocycles. The summed E-state index contributed by atoms with van der Waals surface area (Å²) >= 11 is 0. The highest BCUT2D eigenvalue weighted by Gasteiger charge is 2.35. The van der Waals surface area contributed by atoms with E-state index < -0.39 is 0 Å². The lowest BCUT2D eigenvalue weighted by Crippen LogP contribution is -2.28. The predicted octanol–water partition coefficient (Wildman–Crippen LogP) is 4.48. The topological polar surface area (TPSA) is 71.8 Å². The van der Waals surface area contributed by atoms with E-state index in [0.29, 0.717) is 25.4 Å². The zero-order valence-electron chi connectivity index (χ0n) is 17.9. The Hall–Kier alpha value is -3.38. The molecule has 1 fully saturated rings. The van der Waals surface area contributed by atoms with Crippen LogP contribution in [0.3, 0.4) is 0 Å². The zero-order valence-corrected chi connectivity index (χ0v) is 17.9. The smallest absolute Gasteiger partial charge is 0.229 e. The molecule has 0 bridgehead atoms. The highest BCUT2D eigenvalue weighted by Crippen LogP contribution is 2.31. The largest absolute Gasteiger partial charge is 0.467 e. The molecule has 0 saturated carbocycles. The van der Waals surface area contributed by atoms with E-state index in [9.17, 15) is 9.59 Å². The first kappa shape index (κ1) is 20.5. The lowest BCUT2D eigenvalue weighted by Gasteiger charge is -2.18. The van der Waals surface area contributed by atoms with Crippen molar-refractivity contribution in [3.63, 3.8) is 0 Å². The molecule has 32 heavy (non-hydrogen) atoms. The molecule has 5 rings (SSSR count). The minimum Gasteiger partial charge on any atom is -0.467 e. The van der Waals surface area contributed by atoms with Crippen LogP contribution in [-0.2, 0) is 40.4 Å². The first-order valence-corrected chi connectivity index (χ1v) is 11.1. The first-order chi connectivity index (χ1) is 15.7. The van der Waals surface area contributed by atoms with Crippen LogP contribution >= 0.6 is 0 Å². The second kappa shape index (κ2) is 9.01. The molecule has 1 aromatic heterocycles. The van der Waals surface area contributed by atoms with E-state index in [1.807, 2.05) is 42.5 Å². The highest BCUT2D eigenvalue weighted by atomic mass is 16.5. The average molecular weight is 431 g/mol. The van der Waals surface area contributed by atoms with E-state index in [2.05, 4.69) is 17.4 Å². The van der Waals surface area contributed by atoms with Crippen LogP contribution in [0.15, 0.2) is 65.3 Å². The summed E-state index contributed by atoms with van der Waals surface area (Å²) in [6.45, 7) is 1.22. The summed E-state index contributed by atoms with van der Waals surface area (Å²) < 4.78 is 10.9. The van der Waals surface area contributed by atoms with E-state index in [-0.39, 0.29) is 24.2 Å². The van der Waals surface area contributed by atoms with Crippen molar-refractivity contribution in [3.8, 4) is 0 Å². The van der Waals surface area contributed by atoms with E-state index in [0.717, 1.165) is 29.9 Å². The number of nitrogens with zero attached hydrogens (tertiary/aromatic N) is 1. The van der Waals surface area contributed by atoms with Crippen molar-refractivity contribution in [2.45, 2.75) is 38.9 Å². The number of ether oxygens (including phenoxy) is 1. The molecular formula is C26H26N2O4. The predicted molar refractivity (Wildman–Crippen MR) is 121 cm³/mol. The fraction of sp³-hybridized carbons (Fsp3) is 0.308. The van der Waals surface area contributed by atoms with Crippen LogP contribution in [-0.4, -0.2) is 18.4 Å². The Morgan fingerprint density at radius 3 is 2.84 bits per heavy atom. The number of benzene rings is 2. The van der Waals surface area contributed by atoms with E-state index in [4.69, 9.17) is 9.15 Å². The zero-order chi connectivity index (χ0) is 21.9. The average Bonchev–Trinajstić information content (AvgIpc) is 3.54. The summed E-state index contributed by atoms with van der Waals surface area (Å²) in [4.78, 5) is 27.3. The molecule has 6 heteroatoms. The first-order valence-electron chi connectivity index (χ1n) is 11.1. The van der Waals surface area contributed by atoms with E-state index in [1.54, 1.807) is 11.2 Å². The number of hydrogen-bond donors (Lipinski definition) is 1. The summed E-state index contributed by atoms with van der Waals surface area (Å²) in [5.41, 5.74) is 5.27. The fourth-order valence-corrected chi connectivity index (χ4v) is 4.51. The molecule has 164 valence electrons. The van der Waals surface area contributed by atoms with Crippen LogP contribution in [0, 0.1) is 5.92 Å². The Morgan fingerprint density at radius 1 is 1.06 bits per heavy atom. The van der Waals surface area contributed by atoms with Crippen molar-refractivity contribution in [1.82, 2.24) is 0 Å². The van der Waals surface area contributed by atoms with Gasteiger partial charge in [-0.05, 0) is 72.4 Å². The Kier molecular flexibility index (Phi) is 5.77. The van der Waals surface area contributed by atoms with Gasteiger partial charge in [-0.1, -0.05) is 18.2 Å². The second-order valence-corrected chi connectivity index (χ2v) is 8.47. The van der Waals surface area contributed by atoms with E-state index >= 15 is 0 Å². The maximum atomic E-state index is 12.9. The fourth-order valence-electron chi connectivity index (χ4n) is 4.51. The van der Waals surface area contributed by atoms with Crippen molar-refractivity contribution in [2.75, 3.05) is 16.8 Å². The Labute approximate surface area is 187 Å². The Morgan fingerprint density at radius 2 is 1.97 bits per heavy atom. The summed E-state index contributed by atoms with van der Waals surface area (Å²) in [5.74, 6) is 0.279. The van der Waals surface area contributed by atoms with Crippen LogP contribution in [0.1, 0.15) is 35.3 Å². The molecule has 2 heterocycles. The number of hydrogen-bond acceptors (Lipinski definition) is 4. The number of carbonyl (C=O) groups is 2. The van der Waals surface area contributed by atoms with Gasteiger partial charge in [0.1, 0.15) is 12.4 Å². The van der Waals surface area contributed by atoms with Gasteiger partial charge in [0.25, 0.3) is 0 Å². The number of anilines is 2. The van der Waals surface area contributed by atoms with Crippen LogP contribution in [0.5, 0.6) is 0 Å². The SMILES string of the molecule is O=C(Nc1cccc(COCc2ccco2)c1)C1CC(=O)N(c2ccc3c(c2)CCC3)C1. The van der Waals surface area contributed by atoms with Gasteiger partial charge >= 0.3 is 0 Å². The lowest BCUT2D eigenvalue weighted by atomic mass is 10.1. The second-order valence-electron chi connectivity index (χ2n) is 8.47. The van der Waals surface area contributed by atoms with Gasteiger partial charge in [0.2, 0.25) is 11.8 Å². The molecule has 3 aromatic rings. The third-order valence-corrected chi connectivity index (χ3v) is 6.18. The minimum absolute atomic E-state index is 0.00294. The van der Waals surface area contributed by atoms with Crippen LogP contribution in [0.2, 0.25) is 0 Å². The maximum Gasteiger partial charge on any atom is 0.229 e. The van der Waals surface area contributed by atoms with Crippen molar-refractivity contribution < 1.29 is 18.7 Å². The van der Waals surface area contributed by atoms with Crippen LogP contribution in [0.4, 0.5) is 11.4 Å². The molecule has 2 aromatic carbocycles. The molecule has 1 saturated heterocycles. The molecule has 1 aliphatic heterocycles. The van der Waals surface area contributed by atoms with Gasteiger partial charge in [-0.25, -0.2) is 0 Å². The summed E-state index contributed by atoms with van der Waals surface area (Å²) in [6.07, 6.45) is 5.20. The standard InChI is InChI=1S/C26H26N2O4/c29-25-14-21(15-28(25)23-10-9-19-5-2-6-20(19)13-23)26(30)27-22-7-1-4-18(12-22)16-31-17-24-8-3-11-32-24/h1,3-4,7-13,21H,2,5-6,14-17H2,(H,27,30). The number of carbonyl (C=O) groups excluding carboxylic acids is 2. The minimum atomic E-state index is -0.366. The molecular weight excluding hydrogens is 404 g/mol. The normalized spacial score (nSPS) is 17.6. The van der Waals surface area contributed by atoms with Crippen molar-refractivity contribution >= 4 is 23.2 Å². The molecule has 0 spiro atoms. The molecule has 6 nitrogen and oxygen atoms in total. The third-order valence-electron chi connectivity index (χ3n) is 6.18. The number of amides is 2. The molecule has 1 unspecified atom stereocenters. The summed E-state index contributed by atoms with van der Waals surface area (Å²) in [5, 5.41) is 2.97. The summed E-state index contributed by atoms with van der Waals surface area (Å²) in [6, 6.07) is 17.5. The summed E-state index contributed by atoms with van der Waals surface area (Å²) in [7, 11) is 0. The van der Waals surface area contributed by atoms with Crippen LogP contribution in [0.25, 0.3) is 0 Å². The number of fused-ring (bicyclic) bond motifs is 1. The number of nitrogens with one attached hydrogen (secondary N) is 1. The van der Waals surface area contributed by atoms with Crippen LogP contribution < -0.4 is 10.2 Å². The molecule has 2 amide bonds. The number of aryl methyl sites for hydroxylation is 2. The van der Waals surface area contributed by atoms with Gasteiger partial charge in [0.05, 0.1) is 18.8 Å². The van der Waals surface area contributed by atoms with Crippen molar-refractivity contribution in [1.29, 1.82) is 0 Å². The molecule has 0 radical (unpaired) electrons. The van der Waals surface area contributed by atoms with E-state index in [1.165, 1.54) is 17.5 Å². The lowest BCUT2D eigenvalue weighted by molar-refractivity contribution is -0.122. The van der Waals surface area contributed by atoms with Gasteiger partial charge in [-0.15, -0.1) is 0 Å². The monoisotopic (exact) mass is 430 g/mol. The van der Waals surface area contributed by atoms with Crippen molar-refractivity contribution in [2.24, 2.45) is 5.92 Å². The third kappa shape index (κ3) is 4.46. The van der Waals surface area contributed by atoms with Gasteiger partial charge in [-0.3, -0.25) is 9.59 Å². The van der Waals surface area contributed by atoms with Gasteiger partial charge in [-0.2, -0.15) is 0 Å². The molecule has 1 atom stereocenters. The molecule has 1 N–H and O–H groups in total. The molecule has 2 aliphatic rings.